The van der Waals surface area contributed by atoms with E-state index in [1.165, 1.54) is 96.7 Å². The summed E-state index contributed by atoms with van der Waals surface area (Å²) in [6, 6.07) is 0.796. The Labute approximate surface area is 127 Å². The van der Waals surface area contributed by atoms with Gasteiger partial charge in [-0.2, -0.15) is 0 Å². The summed E-state index contributed by atoms with van der Waals surface area (Å²) < 4.78 is 0. The molecule has 0 aromatic carbocycles. The first-order chi connectivity index (χ1) is 9.83. The Morgan fingerprint density at radius 1 is 0.800 bits per heavy atom. The lowest BCUT2D eigenvalue weighted by Crippen LogP contribution is -2.41. The van der Waals surface area contributed by atoms with Crippen molar-refractivity contribution in [3.05, 3.63) is 0 Å². The second-order valence-electron chi connectivity index (χ2n) is 6.71. The Kier molecular flexibility index (Phi) is 11.4. The summed E-state index contributed by atoms with van der Waals surface area (Å²) in [5, 5.41) is 3.74. The van der Waals surface area contributed by atoms with Gasteiger partial charge in [0.25, 0.3) is 0 Å². The topological polar surface area (TPSA) is 15.3 Å². The summed E-state index contributed by atoms with van der Waals surface area (Å²) in [5.41, 5.74) is 0. The molecule has 0 bridgehead atoms. The van der Waals surface area contributed by atoms with E-state index in [4.69, 9.17) is 0 Å². The van der Waals surface area contributed by atoms with Gasteiger partial charge in [-0.05, 0) is 45.9 Å². The molecule has 0 atom stereocenters. The van der Waals surface area contributed by atoms with E-state index in [-0.39, 0.29) is 0 Å². The van der Waals surface area contributed by atoms with Gasteiger partial charge < -0.3 is 10.2 Å². The van der Waals surface area contributed by atoms with E-state index in [0.29, 0.717) is 0 Å². The van der Waals surface area contributed by atoms with E-state index in [1.54, 1.807) is 0 Å². The quantitative estimate of drug-likeness (QED) is 0.527. The Hall–Kier alpha value is -0.0800. The van der Waals surface area contributed by atoms with Gasteiger partial charge in [-0.25, -0.2) is 0 Å². The largest absolute Gasteiger partial charge is 0.314 e. The zero-order valence-electron chi connectivity index (χ0n) is 14.1. The molecule has 1 rings (SSSR count). The number of hydrogen-bond acceptors (Lipinski definition) is 2. The third-order valence-corrected chi connectivity index (χ3v) is 4.68. The molecule has 2 heteroatoms. The first kappa shape index (κ1) is 18.0. The third kappa shape index (κ3) is 9.77. The fraction of sp³-hybridized carbons (Fsp3) is 1.00. The molecule has 1 aliphatic rings. The zero-order chi connectivity index (χ0) is 14.5. The molecule has 20 heavy (non-hydrogen) atoms. The Morgan fingerprint density at radius 3 is 1.85 bits per heavy atom. The lowest BCUT2D eigenvalue weighted by Gasteiger charge is -2.29. The molecule has 0 unspecified atom stereocenters. The van der Waals surface area contributed by atoms with Gasteiger partial charge in [-0.1, -0.05) is 64.7 Å². The van der Waals surface area contributed by atoms with Crippen molar-refractivity contribution >= 4 is 0 Å². The van der Waals surface area contributed by atoms with Crippen molar-refractivity contribution in [2.45, 2.75) is 90.0 Å². The fourth-order valence-corrected chi connectivity index (χ4v) is 3.13. The number of nitrogens with one attached hydrogen (secondary N) is 1. The number of unbranched alkanes of at least 4 members (excludes halogenated alkanes) is 9. The number of nitrogens with zero attached hydrogens (tertiary/aromatic N) is 1. The van der Waals surface area contributed by atoms with Gasteiger partial charge in [0.15, 0.2) is 0 Å². The molecule has 0 aromatic rings. The number of rotatable bonds is 12. The molecule has 0 aromatic heterocycles. The van der Waals surface area contributed by atoms with Gasteiger partial charge in [-0.15, -0.1) is 0 Å². The smallest absolute Gasteiger partial charge is 0.00914 e. The van der Waals surface area contributed by atoms with Crippen LogP contribution < -0.4 is 5.32 Å². The van der Waals surface area contributed by atoms with Crippen LogP contribution in [-0.2, 0) is 0 Å². The van der Waals surface area contributed by atoms with Gasteiger partial charge in [-0.3, -0.25) is 0 Å². The molecule has 0 aliphatic carbocycles. The summed E-state index contributed by atoms with van der Waals surface area (Å²) in [5.74, 6) is 0. The minimum Gasteiger partial charge on any atom is -0.314 e. The number of piperidine rings is 1. The van der Waals surface area contributed by atoms with E-state index in [2.05, 4.69) is 24.2 Å². The van der Waals surface area contributed by atoms with E-state index < -0.39 is 0 Å². The second-order valence-corrected chi connectivity index (χ2v) is 6.71. The van der Waals surface area contributed by atoms with Gasteiger partial charge in [0.05, 0.1) is 0 Å². The van der Waals surface area contributed by atoms with Crippen molar-refractivity contribution in [3.8, 4) is 0 Å². The van der Waals surface area contributed by atoms with Crippen molar-refractivity contribution in [1.29, 1.82) is 0 Å². The van der Waals surface area contributed by atoms with E-state index in [9.17, 15) is 0 Å². The standard InChI is InChI=1S/C18H38N2/c1-3-4-5-6-7-8-9-10-11-12-15-19-18-13-16-20(2)17-14-18/h18-19H,3-17H2,1-2H3. The molecule has 1 aliphatic heterocycles. The van der Waals surface area contributed by atoms with Gasteiger partial charge in [0.1, 0.15) is 0 Å². The molecular formula is C18H38N2. The minimum absolute atomic E-state index is 0.796. The SMILES string of the molecule is CCCCCCCCCCCCNC1CCN(C)CC1. The monoisotopic (exact) mass is 282 g/mol. The lowest BCUT2D eigenvalue weighted by atomic mass is 10.0. The number of likely N-dealkylation sites (tertiary alicyclic amines) is 1. The zero-order valence-corrected chi connectivity index (χ0v) is 14.1. The van der Waals surface area contributed by atoms with E-state index in [0.717, 1.165) is 6.04 Å². The molecule has 120 valence electrons. The van der Waals surface area contributed by atoms with Crippen LogP contribution in [0, 0.1) is 0 Å². The molecule has 2 nitrogen and oxygen atoms in total. The first-order valence-electron chi connectivity index (χ1n) is 9.25. The van der Waals surface area contributed by atoms with Crippen LogP contribution in [0.25, 0.3) is 0 Å². The molecule has 0 saturated carbocycles. The maximum atomic E-state index is 3.74. The highest BCUT2D eigenvalue weighted by molar-refractivity contribution is 4.75. The summed E-state index contributed by atoms with van der Waals surface area (Å²) in [6.45, 7) is 6.08. The summed E-state index contributed by atoms with van der Waals surface area (Å²) >= 11 is 0. The van der Waals surface area contributed by atoms with Crippen LogP contribution in [-0.4, -0.2) is 37.6 Å². The van der Waals surface area contributed by atoms with Gasteiger partial charge in [0.2, 0.25) is 0 Å². The van der Waals surface area contributed by atoms with Crippen LogP contribution in [0.3, 0.4) is 0 Å². The molecule has 1 saturated heterocycles. The van der Waals surface area contributed by atoms with Crippen molar-refractivity contribution < 1.29 is 0 Å². The molecule has 0 radical (unpaired) electrons. The van der Waals surface area contributed by atoms with Crippen LogP contribution in [0.1, 0.15) is 84.0 Å². The van der Waals surface area contributed by atoms with Crippen molar-refractivity contribution in [2.24, 2.45) is 0 Å². The highest BCUT2D eigenvalue weighted by Gasteiger charge is 2.15. The van der Waals surface area contributed by atoms with Crippen LogP contribution in [0.15, 0.2) is 0 Å². The van der Waals surface area contributed by atoms with Crippen molar-refractivity contribution in [1.82, 2.24) is 10.2 Å². The first-order valence-corrected chi connectivity index (χ1v) is 9.25. The average molecular weight is 283 g/mol. The summed E-state index contributed by atoms with van der Waals surface area (Å²) in [4.78, 5) is 2.44. The third-order valence-electron chi connectivity index (χ3n) is 4.68. The molecule has 1 N–H and O–H groups in total. The van der Waals surface area contributed by atoms with E-state index in [1.807, 2.05) is 0 Å². The van der Waals surface area contributed by atoms with Crippen LogP contribution in [0.5, 0.6) is 0 Å². The predicted octanol–water partition coefficient (Wildman–Crippen LogP) is 4.59. The maximum Gasteiger partial charge on any atom is 0.00914 e. The van der Waals surface area contributed by atoms with Crippen molar-refractivity contribution in [3.63, 3.8) is 0 Å². The molecule has 1 fully saturated rings. The minimum atomic E-state index is 0.796. The van der Waals surface area contributed by atoms with Gasteiger partial charge >= 0.3 is 0 Å². The summed E-state index contributed by atoms with van der Waals surface area (Å²) in [7, 11) is 2.23. The normalized spacial score (nSPS) is 17.7. The molecular weight excluding hydrogens is 244 g/mol. The molecule has 0 spiro atoms. The van der Waals surface area contributed by atoms with Crippen molar-refractivity contribution in [2.75, 3.05) is 26.7 Å². The molecule has 1 heterocycles. The van der Waals surface area contributed by atoms with E-state index >= 15 is 0 Å². The maximum absolute atomic E-state index is 3.74. The average Bonchev–Trinajstić information content (AvgIpc) is 2.47. The molecule has 0 amide bonds. The highest BCUT2D eigenvalue weighted by atomic mass is 15.1. The van der Waals surface area contributed by atoms with Crippen LogP contribution >= 0.6 is 0 Å². The summed E-state index contributed by atoms with van der Waals surface area (Å²) in [6.07, 6.45) is 17.0. The Bertz CT molecular complexity index is 198. The van der Waals surface area contributed by atoms with Gasteiger partial charge in [0, 0.05) is 6.04 Å². The number of hydrogen-bond donors (Lipinski definition) is 1. The van der Waals surface area contributed by atoms with Crippen LogP contribution in [0.2, 0.25) is 0 Å². The van der Waals surface area contributed by atoms with Crippen LogP contribution in [0.4, 0.5) is 0 Å². The fourth-order valence-electron chi connectivity index (χ4n) is 3.13. The lowest BCUT2D eigenvalue weighted by molar-refractivity contribution is 0.234. The second kappa shape index (κ2) is 12.6. The Morgan fingerprint density at radius 2 is 1.30 bits per heavy atom. The predicted molar refractivity (Wildman–Crippen MR) is 90.4 cm³/mol. The Balaban J connectivity index is 1.74. The highest BCUT2D eigenvalue weighted by Crippen LogP contribution is 2.11.